The Morgan fingerprint density at radius 1 is 1.06 bits per heavy atom. The molecule has 1 unspecified atom stereocenters. The van der Waals surface area contributed by atoms with E-state index in [4.69, 9.17) is 9.47 Å². The topological polar surface area (TPSA) is 96.4 Å². The largest absolute Gasteiger partial charge is 0.507 e. The molecule has 174 valence electrons. The van der Waals surface area contributed by atoms with Crippen LogP contribution in [-0.4, -0.2) is 74.0 Å². The highest BCUT2D eigenvalue weighted by Crippen LogP contribution is 2.41. The maximum Gasteiger partial charge on any atom is 0.337 e. The van der Waals surface area contributed by atoms with Gasteiger partial charge in [0, 0.05) is 6.54 Å². The van der Waals surface area contributed by atoms with Gasteiger partial charge in [0.05, 0.1) is 37.0 Å². The highest BCUT2D eigenvalue weighted by atomic mass is 16.5. The fourth-order valence-electron chi connectivity index (χ4n) is 3.92. The van der Waals surface area contributed by atoms with Crippen LogP contribution in [0.5, 0.6) is 5.75 Å². The van der Waals surface area contributed by atoms with E-state index in [1.54, 1.807) is 48.5 Å². The second-order valence-corrected chi connectivity index (χ2v) is 7.96. The quantitative estimate of drug-likeness (QED) is 0.285. The lowest BCUT2D eigenvalue weighted by Gasteiger charge is -2.26. The first-order chi connectivity index (χ1) is 15.8. The molecule has 1 heterocycles. The number of methoxy groups -OCH3 is 2. The summed E-state index contributed by atoms with van der Waals surface area (Å²) >= 11 is 0. The Morgan fingerprint density at radius 3 is 2.33 bits per heavy atom. The van der Waals surface area contributed by atoms with Crippen LogP contribution in [-0.2, 0) is 14.3 Å². The highest BCUT2D eigenvalue weighted by Gasteiger charge is 2.46. The Kier molecular flexibility index (Phi) is 7.50. The molecule has 1 fully saturated rings. The number of para-hydroxylation sites is 1. The van der Waals surface area contributed by atoms with E-state index in [1.165, 1.54) is 19.1 Å². The van der Waals surface area contributed by atoms with E-state index in [2.05, 4.69) is 0 Å². The van der Waals surface area contributed by atoms with Crippen LogP contribution in [0.2, 0.25) is 0 Å². The number of nitrogens with zero attached hydrogens (tertiary/aromatic N) is 2. The van der Waals surface area contributed by atoms with Gasteiger partial charge in [-0.15, -0.1) is 0 Å². The molecule has 0 aromatic heterocycles. The normalized spacial score (nSPS) is 17.5. The Morgan fingerprint density at radius 2 is 1.73 bits per heavy atom. The van der Waals surface area contributed by atoms with Crippen LogP contribution in [0.1, 0.15) is 33.9 Å². The van der Waals surface area contributed by atoms with Gasteiger partial charge >= 0.3 is 5.97 Å². The number of amides is 1. The van der Waals surface area contributed by atoms with Gasteiger partial charge in [0.15, 0.2) is 0 Å². The number of Topliss-reactive ketones (excluding diaryl/α,β-unsaturated/α-hetero) is 1. The van der Waals surface area contributed by atoms with Crippen LogP contribution in [0.15, 0.2) is 54.1 Å². The fourth-order valence-corrected chi connectivity index (χ4v) is 3.92. The Labute approximate surface area is 193 Å². The summed E-state index contributed by atoms with van der Waals surface area (Å²) in [6.45, 7) is 1.05. The second-order valence-electron chi connectivity index (χ2n) is 7.96. The third kappa shape index (κ3) is 4.90. The van der Waals surface area contributed by atoms with Gasteiger partial charge in [0.1, 0.15) is 11.5 Å². The number of carbonyl (C=O) groups is 3. The molecule has 1 saturated heterocycles. The van der Waals surface area contributed by atoms with E-state index in [0.29, 0.717) is 35.4 Å². The van der Waals surface area contributed by atoms with E-state index < -0.39 is 23.7 Å². The van der Waals surface area contributed by atoms with Crippen molar-refractivity contribution in [2.75, 3.05) is 41.4 Å². The maximum atomic E-state index is 13.1. The third-order valence-electron chi connectivity index (χ3n) is 5.55. The van der Waals surface area contributed by atoms with E-state index in [1.807, 2.05) is 19.0 Å². The first-order valence-corrected chi connectivity index (χ1v) is 10.5. The Balaban J connectivity index is 2.12. The smallest absolute Gasteiger partial charge is 0.337 e. The second kappa shape index (κ2) is 10.3. The number of benzene rings is 2. The molecule has 0 saturated carbocycles. The number of ether oxygens (including phenoxy) is 2. The third-order valence-corrected chi connectivity index (χ3v) is 5.55. The molecule has 1 amide bonds. The molecule has 0 spiro atoms. The van der Waals surface area contributed by atoms with Crippen LogP contribution in [0, 0.1) is 0 Å². The van der Waals surface area contributed by atoms with Crippen LogP contribution < -0.4 is 4.74 Å². The number of hydrogen-bond acceptors (Lipinski definition) is 7. The van der Waals surface area contributed by atoms with Crippen molar-refractivity contribution in [3.05, 3.63) is 70.8 Å². The number of rotatable bonds is 8. The average molecular weight is 453 g/mol. The van der Waals surface area contributed by atoms with Crippen molar-refractivity contribution in [3.8, 4) is 5.75 Å². The van der Waals surface area contributed by atoms with Crippen LogP contribution in [0.4, 0.5) is 0 Å². The molecule has 0 aliphatic carbocycles. The van der Waals surface area contributed by atoms with Gasteiger partial charge in [-0.25, -0.2) is 4.79 Å². The summed E-state index contributed by atoms with van der Waals surface area (Å²) < 4.78 is 10.1. The zero-order valence-electron chi connectivity index (χ0n) is 19.2. The van der Waals surface area contributed by atoms with E-state index in [0.717, 1.165) is 6.54 Å². The van der Waals surface area contributed by atoms with Crippen molar-refractivity contribution < 1.29 is 29.0 Å². The van der Waals surface area contributed by atoms with Gasteiger partial charge in [-0.3, -0.25) is 9.59 Å². The zero-order valence-corrected chi connectivity index (χ0v) is 19.2. The standard InChI is InChI=1S/C25H28N2O6/c1-26(2)14-7-15-27-21(16-10-12-17(13-11-16)25(31)33-4)20(23(29)24(27)30)22(28)18-8-5-6-9-19(18)32-3/h5-6,8-13,21,28H,7,14-15H2,1-4H3/b22-20+. The van der Waals surface area contributed by atoms with Crippen molar-refractivity contribution in [3.63, 3.8) is 0 Å². The average Bonchev–Trinajstić information content (AvgIpc) is 3.08. The van der Waals surface area contributed by atoms with Crippen molar-refractivity contribution in [2.24, 2.45) is 0 Å². The van der Waals surface area contributed by atoms with Gasteiger partial charge in [-0.05, 0) is 56.9 Å². The molecule has 1 aliphatic heterocycles. The number of esters is 1. The summed E-state index contributed by atoms with van der Waals surface area (Å²) in [4.78, 5) is 41.4. The lowest BCUT2D eigenvalue weighted by molar-refractivity contribution is -0.139. The predicted octanol–water partition coefficient (Wildman–Crippen LogP) is 2.86. The first kappa shape index (κ1) is 24.0. The predicted molar refractivity (Wildman–Crippen MR) is 123 cm³/mol. The zero-order chi connectivity index (χ0) is 24.1. The summed E-state index contributed by atoms with van der Waals surface area (Å²) in [6, 6.07) is 12.4. The van der Waals surface area contributed by atoms with Crippen molar-refractivity contribution in [1.82, 2.24) is 9.80 Å². The van der Waals surface area contributed by atoms with Gasteiger partial charge in [-0.1, -0.05) is 24.3 Å². The molecular weight excluding hydrogens is 424 g/mol. The molecule has 2 aromatic rings. The van der Waals surface area contributed by atoms with Crippen molar-refractivity contribution in [2.45, 2.75) is 12.5 Å². The first-order valence-electron chi connectivity index (χ1n) is 10.5. The Hall–Kier alpha value is -3.65. The summed E-state index contributed by atoms with van der Waals surface area (Å²) in [7, 11) is 6.62. The molecule has 1 N–H and O–H groups in total. The minimum absolute atomic E-state index is 0.0137. The molecule has 1 atom stereocenters. The van der Waals surface area contributed by atoms with Crippen LogP contribution in [0.3, 0.4) is 0 Å². The maximum absolute atomic E-state index is 13.1. The molecule has 0 bridgehead atoms. The molecule has 3 rings (SSSR count). The summed E-state index contributed by atoms with van der Waals surface area (Å²) in [5.41, 5.74) is 1.25. The number of hydrogen-bond donors (Lipinski definition) is 1. The minimum Gasteiger partial charge on any atom is -0.507 e. The molecular formula is C25H28N2O6. The van der Waals surface area contributed by atoms with Gasteiger partial charge in [0.25, 0.3) is 11.7 Å². The van der Waals surface area contributed by atoms with Crippen LogP contribution >= 0.6 is 0 Å². The lowest BCUT2D eigenvalue weighted by atomic mass is 9.94. The molecule has 8 nitrogen and oxygen atoms in total. The van der Waals surface area contributed by atoms with Gasteiger partial charge in [0.2, 0.25) is 0 Å². The molecule has 8 heteroatoms. The molecule has 2 aromatic carbocycles. The Bertz CT molecular complexity index is 1070. The minimum atomic E-state index is -0.802. The highest BCUT2D eigenvalue weighted by molar-refractivity contribution is 6.46. The monoisotopic (exact) mass is 452 g/mol. The van der Waals surface area contributed by atoms with Gasteiger partial charge in [-0.2, -0.15) is 0 Å². The number of likely N-dealkylation sites (tertiary alicyclic amines) is 1. The summed E-state index contributed by atoms with van der Waals surface area (Å²) in [5.74, 6) is -1.84. The van der Waals surface area contributed by atoms with E-state index in [-0.39, 0.29) is 11.3 Å². The van der Waals surface area contributed by atoms with Crippen molar-refractivity contribution in [1.29, 1.82) is 0 Å². The molecule has 33 heavy (non-hydrogen) atoms. The lowest BCUT2D eigenvalue weighted by Crippen LogP contribution is -2.32. The SMILES string of the molecule is COC(=O)c1ccc(C2/C(=C(\O)c3ccccc3OC)C(=O)C(=O)N2CCCN(C)C)cc1. The summed E-state index contributed by atoms with van der Waals surface area (Å²) in [5, 5.41) is 11.2. The fraction of sp³-hybridized carbons (Fsp3) is 0.320. The number of aliphatic hydroxyl groups is 1. The summed E-state index contributed by atoms with van der Waals surface area (Å²) in [6.07, 6.45) is 0.644. The molecule has 0 radical (unpaired) electrons. The van der Waals surface area contributed by atoms with Crippen LogP contribution in [0.25, 0.3) is 5.76 Å². The van der Waals surface area contributed by atoms with E-state index in [9.17, 15) is 19.5 Å². The molecule has 1 aliphatic rings. The van der Waals surface area contributed by atoms with Crippen molar-refractivity contribution >= 4 is 23.4 Å². The van der Waals surface area contributed by atoms with E-state index >= 15 is 0 Å². The number of ketones is 1. The number of aliphatic hydroxyl groups excluding tert-OH is 1. The van der Waals surface area contributed by atoms with Gasteiger partial charge < -0.3 is 24.4 Å². The number of carbonyl (C=O) groups excluding carboxylic acids is 3.